The van der Waals surface area contributed by atoms with Gasteiger partial charge >= 0.3 is 0 Å². The minimum atomic E-state index is 0.475. The van der Waals surface area contributed by atoms with Crippen LogP contribution in [-0.2, 0) is 0 Å². The van der Waals surface area contributed by atoms with Crippen LogP contribution in [0.25, 0.3) is 0 Å². The topological polar surface area (TPSA) is 67.1 Å². The van der Waals surface area contributed by atoms with E-state index in [1.165, 1.54) is 23.1 Å². The molecule has 0 aromatic carbocycles. The Morgan fingerprint density at radius 3 is 3.12 bits per heavy atom. The summed E-state index contributed by atoms with van der Waals surface area (Å²) in [5.74, 6) is 1.84. The summed E-state index contributed by atoms with van der Waals surface area (Å²) >= 11 is 1.73. The van der Waals surface area contributed by atoms with Crippen LogP contribution in [-0.4, -0.2) is 15.0 Å². The average molecular weight is 337 g/mol. The molecule has 2 aromatic rings. The number of nitrogens with zero attached hydrogens (tertiary/aromatic N) is 4. The maximum atomic E-state index is 4.94. The summed E-state index contributed by atoms with van der Waals surface area (Å²) in [5.41, 5.74) is 1.35. The summed E-state index contributed by atoms with van der Waals surface area (Å²) in [7, 11) is 0. The van der Waals surface area contributed by atoms with Crippen LogP contribution in [0.3, 0.4) is 0 Å². The quantitative estimate of drug-likeness (QED) is 0.889. The molecular weight excluding hydrogens is 322 g/mol. The summed E-state index contributed by atoms with van der Waals surface area (Å²) in [6.45, 7) is 0. The lowest BCUT2D eigenvalue weighted by molar-refractivity contribution is 0.558. The van der Waals surface area contributed by atoms with Gasteiger partial charge in [-0.1, -0.05) is 30.0 Å². The van der Waals surface area contributed by atoms with Crippen LogP contribution in [0.5, 0.6) is 0 Å². The number of allylic oxidation sites excluding steroid dienone is 4. The molecule has 0 unspecified atom stereocenters. The van der Waals surface area contributed by atoms with Gasteiger partial charge in [0.05, 0.1) is 0 Å². The molecule has 24 heavy (non-hydrogen) atoms. The van der Waals surface area contributed by atoms with Crippen molar-refractivity contribution < 1.29 is 4.42 Å². The first-order chi connectivity index (χ1) is 11.9. The molecule has 0 fully saturated rings. The maximum absolute atomic E-state index is 4.94. The molecule has 0 amide bonds. The first-order valence-corrected chi connectivity index (χ1v) is 8.44. The Kier molecular flexibility index (Phi) is 4.16. The Balaban J connectivity index is 1.57. The Morgan fingerprint density at radius 1 is 1.29 bits per heavy atom. The zero-order valence-corrected chi connectivity index (χ0v) is 13.6. The van der Waals surface area contributed by atoms with Gasteiger partial charge in [0.2, 0.25) is 5.95 Å². The molecule has 6 nitrogen and oxygen atoms in total. The molecule has 0 radical (unpaired) electrons. The van der Waals surface area contributed by atoms with Crippen molar-refractivity contribution in [2.45, 2.75) is 12.8 Å². The van der Waals surface area contributed by atoms with Crippen LogP contribution in [0.4, 0.5) is 17.6 Å². The molecule has 1 aliphatic heterocycles. The number of aromatic nitrogens is 3. The normalized spacial score (nSPS) is 16.8. The summed E-state index contributed by atoms with van der Waals surface area (Å²) in [6, 6.07) is 1.87. The van der Waals surface area contributed by atoms with Crippen molar-refractivity contribution in [1.29, 1.82) is 0 Å². The number of rotatable bonds is 4. The lowest BCUT2D eigenvalue weighted by Gasteiger charge is -2.22. The highest BCUT2D eigenvalue weighted by atomic mass is 32.2. The van der Waals surface area contributed by atoms with Gasteiger partial charge in [0.15, 0.2) is 12.2 Å². The van der Waals surface area contributed by atoms with E-state index in [1.807, 2.05) is 17.2 Å². The van der Waals surface area contributed by atoms with E-state index < -0.39 is 0 Å². The van der Waals surface area contributed by atoms with E-state index in [1.54, 1.807) is 18.0 Å². The van der Waals surface area contributed by atoms with Crippen LogP contribution in [0.15, 0.2) is 75.9 Å². The van der Waals surface area contributed by atoms with E-state index in [2.05, 4.69) is 50.1 Å². The van der Waals surface area contributed by atoms with Crippen LogP contribution in [0.1, 0.15) is 12.8 Å². The smallest absolute Gasteiger partial charge is 0.230 e. The zero-order chi connectivity index (χ0) is 16.2. The van der Waals surface area contributed by atoms with Gasteiger partial charge in [0.1, 0.15) is 12.1 Å². The number of anilines is 3. The Bertz CT molecular complexity index is 838. The molecule has 1 aliphatic carbocycles. The van der Waals surface area contributed by atoms with Crippen LogP contribution in [0, 0.1) is 0 Å². The predicted molar refractivity (Wildman–Crippen MR) is 95.6 cm³/mol. The second-order valence-corrected chi connectivity index (χ2v) is 6.15. The fourth-order valence-corrected chi connectivity index (χ4v) is 3.25. The second kappa shape index (κ2) is 6.76. The van der Waals surface area contributed by atoms with Crippen molar-refractivity contribution in [3.8, 4) is 0 Å². The van der Waals surface area contributed by atoms with Gasteiger partial charge in [-0.05, 0) is 29.9 Å². The van der Waals surface area contributed by atoms with Gasteiger partial charge in [-0.15, -0.1) is 0 Å². The average Bonchev–Trinajstić information content (AvgIpc) is 3.16. The molecule has 0 atom stereocenters. The van der Waals surface area contributed by atoms with E-state index in [0.29, 0.717) is 11.8 Å². The Hall–Kier alpha value is -2.80. The van der Waals surface area contributed by atoms with Gasteiger partial charge in [0.25, 0.3) is 0 Å². The Morgan fingerprint density at radius 2 is 2.29 bits per heavy atom. The maximum Gasteiger partial charge on any atom is 0.230 e. The highest BCUT2D eigenvalue weighted by molar-refractivity contribution is 8.06. The number of nitrogens with one attached hydrogen (secondary N) is 1. The van der Waals surface area contributed by atoms with E-state index in [4.69, 9.17) is 4.42 Å². The van der Waals surface area contributed by atoms with E-state index in [9.17, 15) is 0 Å². The lowest BCUT2D eigenvalue weighted by Crippen LogP contribution is -2.13. The largest absolute Gasteiger partial charge is 0.449 e. The third-order valence-electron chi connectivity index (χ3n) is 3.58. The van der Waals surface area contributed by atoms with Crippen LogP contribution < -0.4 is 10.2 Å². The Labute approximate surface area is 143 Å². The lowest BCUT2D eigenvalue weighted by atomic mass is 10.1. The van der Waals surface area contributed by atoms with Gasteiger partial charge < -0.3 is 14.6 Å². The third-order valence-corrected chi connectivity index (χ3v) is 4.46. The third kappa shape index (κ3) is 3.26. The minimum absolute atomic E-state index is 0.475. The molecule has 0 saturated carbocycles. The molecule has 4 rings (SSSR count). The second-order valence-electron chi connectivity index (χ2n) is 5.20. The van der Waals surface area contributed by atoms with Crippen molar-refractivity contribution in [2.75, 3.05) is 10.2 Å². The fourth-order valence-electron chi connectivity index (χ4n) is 2.42. The van der Waals surface area contributed by atoms with Crippen LogP contribution in [0.2, 0.25) is 0 Å². The van der Waals surface area contributed by atoms with Crippen molar-refractivity contribution in [1.82, 2.24) is 15.0 Å². The van der Waals surface area contributed by atoms with E-state index >= 15 is 0 Å². The van der Waals surface area contributed by atoms with Gasteiger partial charge in [-0.2, -0.15) is 9.97 Å². The molecule has 2 aliphatic rings. The first kappa shape index (κ1) is 14.8. The predicted octanol–water partition coefficient (Wildman–Crippen LogP) is 4.35. The number of oxazole rings is 1. The van der Waals surface area contributed by atoms with Crippen LogP contribution >= 0.6 is 11.8 Å². The summed E-state index contributed by atoms with van der Waals surface area (Å²) in [6.07, 6.45) is 17.3. The van der Waals surface area contributed by atoms with Crippen molar-refractivity contribution >= 4 is 29.3 Å². The summed E-state index contributed by atoms with van der Waals surface area (Å²) in [4.78, 5) is 16.0. The minimum Gasteiger partial charge on any atom is -0.449 e. The van der Waals surface area contributed by atoms with Crippen molar-refractivity contribution in [2.24, 2.45) is 0 Å². The summed E-state index contributed by atoms with van der Waals surface area (Å²) in [5, 5.41) is 5.08. The van der Waals surface area contributed by atoms with Crippen molar-refractivity contribution in [3.63, 3.8) is 0 Å². The highest BCUT2D eigenvalue weighted by Gasteiger charge is 2.14. The van der Waals surface area contributed by atoms with Gasteiger partial charge in [-0.3, -0.25) is 0 Å². The number of hydrogen-bond donors (Lipinski definition) is 1. The molecule has 3 heterocycles. The first-order valence-electron chi connectivity index (χ1n) is 7.56. The monoisotopic (exact) mass is 337 g/mol. The molecule has 7 heteroatoms. The van der Waals surface area contributed by atoms with Gasteiger partial charge in [0, 0.05) is 23.5 Å². The van der Waals surface area contributed by atoms with Gasteiger partial charge in [-0.25, -0.2) is 4.98 Å². The van der Waals surface area contributed by atoms with E-state index in [-0.39, 0.29) is 0 Å². The molecule has 0 saturated heterocycles. The van der Waals surface area contributed by atoms with Crippen molar-refractivity contribution in [3.05, 3.63) is 71.4 Å². The molecule has 0 spiro atoms. The standard InChI is InChI=1S/C17H15N5OS/c1-2-4-13(5-3-1)14-10-22(8-9-24-14)16-6-7-18-17(21-16)20-15-11-23-12-19-15/h1-2,4,6-12H,3,5H2,(H,18,20,21). The SMILES string of the molecule is C1=CCCC(C2=CN(c3ccnc(Nc4cocn4)n3)C=CS2)=C1. The fraction of sp³-hybridized carbons (Fsp3) is 0.118. The zero-order valence-electron chi connectivity index (χ0n) is 12.8. The number of thioether (sulfide) groups is 1. The molecular formula is C17H15N5OS. The molecule has 1 N–H and O–H groups in total. The molecule has 0 bridgehead atoms. The summed E-state index contributed by atoms with van der Waals surface area (Å²) < 4.78 is 4.94. The molecule has 120 valence electrons. The van der Waals surface area contributed by atoms with E-state index in [0.717, 1.165) is 18.7 Å². The molecule has 2 aromatic heterocycles. The highest BCUT2D eigenvalue weighted by Crippen LogP contribution is 2.34. The number of hydrogen-bond acceptors (Lipinski definition) is 7.